The molecule has 1 fully saturated rings. The molecule has 1 saturated heterocycles. The average Bonchev–Trinajstić information content (AvgIpc) is 3.31. The number of pyridine rings is 1. The van der Waals surface area contributed by atoms with Crippen molar-refractivity contribution in [1.82, 2.24) is 24.7 Å². The fraction of sp³-hybridized carbons (Fsp3) is 0.531. The van der Waals surface area contributed by atoms with E-state index < -0.39 is 13.7 Å². The smallest absolute Gasteiger partial charge is 0.410 e. The van der Waals surface area contributed by atoms with Crippen LogP contribution >= 0.6 is 0 Å². The second kappa shape index (κ2) is 14.4. The molecule has 3 amide bonds. The largest absolute Gasteiger partial charge is 0.496 e. The highest BCUT2D eigenvalue weighted by molar-refractivity contribution is 6.76. The lowest BCUT2D eigenvalue weighted by Gasteiger charge is -2.35. The normalized spacial score (nSPS) is 14.5. The Morgan fingerprint density at radius 2 is 1.73 bits per heavy atom. The minimum absolute atomic E-state index is 0.279. The van der Waals surface area contributed by atoms with E-state index in [0.29, 0.717) is 45.3 Å². The van der Waals surface area contributed by atoms with E-state index in [4.69, 9.17) is 19.2 Å². The highest BCUT2D eigenvalue weighted by atomic mass is 28.3. The zero-order chi connectivity index (χ0) is 31.9. The summed E-state index contributed by atoms with van der Waals surface area (Å²) < 4.78 is 19.2. The van der Waals surface area contributed by atoms with E-state index >= 15 is 0 Å². The molecule has 0 saturated carbocycles. The number of rotatable bonds is 11. The van der Waals surface area contributed by atoms with E-state index in [1.807, 2.05) is 67.9 Å². The standard InChI is InChI=1S/C32H48N6O5Si/c1-32(2,3)43-31(40)37-18-16-36(17-19-37)15-14-33-30(39)35-28-13-12-25-26(24-10-8-9-11-27(24)41-4)22-38(29(25)34-28)23-42-20-21-44(5,6)7/h8-13,22H,14-21,23H2,1-7H3,(H2,33,34,35,39). The molecule has 2 aromatic heterocycles. The topological polar surface area (TPSA) is 110 Å². The van der Waals surface area contributed by atoms with Crippen molar-refractivity contribution in [3.8, 4) is 16.9 Å². The molecule has 0 atom stereocenters. The summed E-state index contributed by atoms with van der Waals surface area (Å²) in [5.74, 6) is 1.23. The summed E-state index contributed by atoms with van der Waals surface area (Å²) in [5.41, 5.74) is 2.17. The molecule has 240 valence electrons. The number of methoxy groups -OCH3 is 1. The van der Waals surface area contributed by atoms with Gasteiger partial charge in [-0.1, -0.05) is 37.8 Å². The number of piperazine rings is 1. The first-order valence-corrected chi connectivity index (χ1v) is 19.0. The van der Waals surface area contributed by atoms with Crippen LogP contribution in [0.4, 0.5) is 15.4 Å². The lowest BCUT2D eigenvalue weighted by Crippen LogP contribution is -2.51. The van der Waals surface area contributed by atoms with Crippen LogP contribution in [-0.2, 0) is 16.2 Å². The van der Waals surface area contributed by atoms with Crippen molar-refractivity contribution in [3.05, 3.63) is 42.6 Å². The van der Waals surface area contributed by atoms with Crippen molar-refractivity contribution in [2.75, 3.05) is 58.3 Å². The Labute approximate surface area is 261 Å². The molecule has 3 aromatic rings. The van der Waals surface area contributed by atoms with Gasteiger partial charge in [0, 0.05) is 76.7 Å². The average molecular weight is 625 g/mol. The molecule has 0 aliphatic carbocycles. The summed E-state index contributed by atoms with van der Waals surface area (Å²) in [5, 5.41) is 6.75. The Morgan fingerprint density at radius 1 is 1.00 bits per heavy atom. The summed E-state index contributed by atoms with van der Waals surface area (Å²) in [6.07, 6.45) is 1.76. The number of nitrogens with zero attached hydrogens (tertiary/aromatic N) is 4. The Morgan fingerprint density at radius 3 is 2.41 bits per heavy atom. The molecule has 3 heterocycles. The molecule has 12 heteroatoms. The molecule has 44 heavy (non-hydrogen) atoms. The van der Waals surface area contributed by atoms with Crippen LogP contribution in [0.25, 0.3) is 22.2 Å². The summed E-state index contributed by atoms with van der Waals surface area (Å²) in [4.78, 5) is 33.8. The minimum Gasteiger partial charge on any atom is -0.496 e. The predicted octanol–water partition coefficient (Wildman–Crippen LogP) is 5.70. The van der Waals surface area contributed by atoms with Crippen LogP contribution in [0.3, 0.4) is 0 Å². The summed E-state index contributed by atoms with van der Waals surface area (Å²) >= 11 is 0. The van der Waals surface area contributed by atoms with E-state index in [-0.39, 0.29) is 12.1 Å². The van der Waals surface area contributed by atoms with E-state index in [2.05, 4.69) is 35.2 Å². The molecule has 0 radical (unpaired) electrons. The summed E-state index contributed by atoms with van der Waals surface area (Å²) in [6.45, 7) is 17.5. The maximum Gasteiger partial charge on any atom is 0.410 e. The summed E-state index contributed by atoms with van der Waals surface area (Å²) in [7, 11) is 0.448. The van der Waals surface area contributed by atoms with Gasteiger partial charge in [0.2, 0.25) is 0 Å². The van der Waals surface area contributed by atoms with Crippen LogP contribution in [0.15, 0.2) is 42.6 Å². The fourth-order valence-electron chi connectivity index (χ4n) is 4.92. The van der Waals surface area contributed by atoms with Gasteiger partial charge in [-0.25, -0.2) is 14.6 Å². The van der Waals surface area contributed by atoms with E-state index in [1.54, 1.807) is 12.0 Å². The second-order valence-electron chi connectivity index (χ2n) is 13.3. The lowest BCUT2D eigenvalue weighted by molar-refractivity contribution is 0.0147. The van der Waals surface area contributed by atoms with Gasteiger partial charge in [0.05, 0.1) is 7.11 Å². The molecule has 0 spiro atoms. The van der Waals surface area contributed by atoms with Gasteiger partial charge in [0.1, 0.15) is 29.5 Å². The van der Waals surface area contributed by atoms with Crippen LogP contribution in [0.2, 0.25) is 25.7 Å². The maximum absolute atomic E-state index is 12.8. The van der Waals surface area contributed by atoms with Crippen LogP contribution < -0.4 is 15.4 Å². The van der Waals surface area contributed by atoms with Crippen molar-refractivity contribution in [2.45, 2.75) is 58.8 Å². The molecule has 0 bridgehead atoms. The van der Waals surface area contributed by atoms with Crippen molar-refractivity contribution >= 4 is 37.0 Å². The Bertz CT molecular complexity index is 1420. The number of benzene rings is 1. The molecule has 1 aliphatic heterocycles. The number of anilines is 1. The molecule has 11 nitrogen and oxygen atoms in total. The molecule has 1 aliphatic rings. The number of carbonyl (C=O) groups excluding carboxylic acids is 2. The number of hydrogen-bond donors (Lipinski definition) is 2. The molecule has 2 N–H and O–H groups in total. The van der Waals surface area contributed by atoms with Gasteiger partial charge < -0.3 is 29.0 Å². The third kappa shape index (κ3) is 9.44. The summed E-state index contributed by atoms with van der Waals surface area (Å²) in [6, 6.07) is 12.4. The van der Waals surface area contributed by atoms with Gasteiger partial charge in [-0.2, -0.15) is 0 Å². The molecule has 1 aromatic carbocycles. The van der Waals surface area contributed by atoms with Crippen LogP contribution in [0.1, 0.15) is 20.8 Å². The van der Waals surface area contributed by atoms with Crippen LogP contribution in [-0.4, -0.2) is 98.1 Å². The van der Waals surface area contributed by atoms with Gasteiger partial charge in [0.15, 0.2) is 0 Å². The van der Waals surface area contributed by atoms with Crippen LogP contribution in [0, 0.1) is 0 Å². The van der Waals surface area contributed by atoms with Crippen LogP contribution in [0.5, 0.6) is 5.75 Å². The third-order valence-corrected chi connectivity index (χ3v) is 9.03. The van der Waals surface area contributed by atoms with E-state index in [9.17, 15) is 9.59 Å². The number of urea groups is 1. The highest BCUT2D eigenvalue weighted by Gasteiger charge is 2.25. The number of hydrogen-bond acceptors (Lipinski definition) is 7. The highest BCUT2D eigenvalue weighted by Crippen LogP contribution is 2.36. The molecular weight excluding hydrogens is 576 g/mol. The van der Waals surface area contributed by atoms with Gasteiger partial charge >= 0.3 is 12.1 Å². The van der Waals surface area contributed by atoms with Gasteiger partial charge in [-0.15, -0.1) is 0 Å². The van der Waals surface area contributed by atoms with Gasteiger partial charge in [0.25, 0.3) is 0 Å². The number of fused-ring (bicyclic) bond motifs is 1. The van der Waals surface area contributed by atoms with Gasteiger partial charge in [-0.3, -0.25) is 10.2 Å². The van der Waals surface area contributed by atoms with E-state index in [1.165, 1.54) is 0 Å². The zero-order valence-corrected chi connectivity index (χ0v) is 28.2. The number of nitrogens with one attached hydrogen (secondary N) is 2. The molecule has 0 unspecified atom stereocenters. The third-order valence-electron chi connectivity index (χ3n) is 7.33. The Kier molecular flexibility index (Phi) is 10.9. The molecular formula is C32H48N6O5Si. The van der Waals surface area contributed by atoms with Crippen molar-refractivity contribution in [3.63, 3.8) is 0 Å². The Hall–Kier alpha value is -3.61. The first-order valence-electron chi connectivity index (χ1n) is 15.3. The number of ether oxygens (including phenoxy) is 3. The monoisotopic (exact) mass is 624 g/mol. The SMILES string of the molecule is COc1ccccc1-c1cn(COCC[Si](C)(C)C)c2nc(NC(=O)NCCN3CCN(C(=O)OC(C)(C)C)CC3)ccc12. The fourth-order valence-corrected chi connectivity index (χ4v) is 5.68. The van der Waals surface area contributed by atoms with Crippen molar-refractivity contribution < 1.29 is 23.8 Å². The Balaban J connectivity index is 1.37. The quantitative estimate of drug-likeness (QED) is 0.208. The minimum atomic E-state index is -1.22. The van der Waals surface area contributed by atoms with E-state index in [0.717, 1.165) is 47.0 Å². The first kappa shape index (κ1) is 33.3. The number of aromatic nitrogens is 2. The maximum atomic E-state index is 12.8. The van der Waals surface area contributed by atoms with Gasteiger partial charge in [-0.05, 0) is 45.0 Å². The number of carbonyl (C=O) groups is 2. The second-order valence-corrected chi connectivity index (χ2v) is 18.9. The predicted molar refractivity (Wildman–Crippen MR) is 177 cm³/mol. The zero-order valence-electron chi connectivity index (χ0n) is 27.2. The first-order chi connectivity index (χ1) is 20.8. The number of amides is 3. The number of para-hydroxylation sites is 1. The van der Waals surface area contributed by atoms with Crippen molar-refractivity contribution in [2.24, 2.45) is 0 Å². The molecule has 4 rings (SSSR count). The van der Waals surface area contributed by atoms with Crippen molar-refractivity contribution in [1.29, 1.82) is 0 Å². The lowest BCUT2D eigenvalue weighted by atomic mass is 10.0.